The Balaban J connectivity index is 3.06. The number of nitrogens with one attached hydrogen (secondary N) is 1. The topological polar surface area (TPSA) is 29.1 Å². The van der Waals surface area contributed by atoms with Crippen molar-refractivity contribution in [1.29, 1.82) is 0 Å². The van der Waals surface area contributed by atoms with Gasteiger partial charge in [-0.1, -0.05) is 17.7 Å². The van der Waals surface area contributed by atoms with Crippen LogP contribution < -0.4 is 5.32 Å². The smallest absolute Gasteiger partial charge is 0.239 e. The third-order valence-electron chi connectivity index (χ3n) is 1.99. The summed E-state index contributed by atoms with van der Waals surface area (Å²) >= 11 is 11.3. The first-order valence-electron chi connectivity index (χ1n) is 4.17. The molecule has 0 aromatic heterocycles. The molecule has 76 valence electrons. The Morgan fingerprint density at radius 3 is 2.64 bits per heavy atom. The van der Waals surface area contributed by atoms with Crippen molar-refractivity contribution in [2.24, 2.45) is 0 Å². The first-order valence-corrected chi connectivity index (χ1v) is 5.09. The van der Waals surface area contributed by atoms with Gasteiger partial charge in [0.05, 0.1) is 0 Å². The van der Waals surface area contributed by atoms with Gasteiger partial charge in [0.2, 0.25) is 5.91 Å². The molecule has 0 aliphatic rings. The Labute approximate surface area is 93.2 Å². The maximum Gasteiger partial charge on any atom is 0.239 e. The maximum atomic E-state index is 11.1. The summed E-state index contributed by atoms with van der Waals surface area (Å²) in [5.41, 5.74) is 2.60. The lowest BCUT2D eigenvalue weighted by Crippen LogP contribution is -2.14. The van der Waals surface area contributed by atoms with Gasteiger partial charge in [-0.05, 0) is 31.0 Å². The minimum Gasteiger partial charge on any atom is -0.325 e. The van der Waals surface area contributed by atoms with Crippen molar-refractivity contribution in [3.05, 3.63) is 28.3 Å². The molecule has 1 aromatic rings. The van der Waals surface area contributed by atoms with Crippen LogP contribution in [0.15, 0.2) is 12.1 Å². The van der Waals surface area contributed by atoms with E-state index in [0.29, 0.717) is 5.02 Å². The molecule has 0 aliphatic heterocycles. The average molecular weight is 232 g/mol. The second kappa shape index (κ2) is 4.67. The first kappa shape index (κ1) is 11.3. The normalized spacial score (nSPS) is 10.0. The number of aryl methyl sites for hydroxylation is 1. The minimum absolute atomic E-state index is 0.0502. The van der Waals surface area contributed by atoms with E-state index in [1.807, 2.05) is 26.0 Å². The summed E-state index contributed by atoms with van der Waals surface area (Å²) in [5.74, 6) is -0.272. The summed E-state index contributed by atoms with van der Waals surface area (Å²) < 4.78 is 0. The average Bonchev–Trinajstić information content (AvgIpc) is 2.18. The number of alkyl halides is 1. The Hall–Kier alpha value is -0.730. The quantitative estimate of drug-likeness (QED) is 0.779. The maximum absolute atomic E-state index is 11.1. The third-order valence-corrected chi connectivity index (χ3v) is 2.65. The number of rotatable bonds is 2. The number of halogens is 2. The number of benzene rings is 1. The fourth-order valence-corrected chi connectivity index (χ4v) is 1.41. The van der Waals surface area contributed by atoms with Crippen LogP contribution in [-0.4, -0.2) is 11.8 Å². The zero-order valence-electron chi connectivity index (χ0n) is 8.03. The van der Waals surface area contributed by atoms with Gasteiger partial charge >= 0.3 is 0 Å². The molecule has 0 atom stereocenters. The van der Waals surface area contributed by atoms with Gasteiger partial charge in [0.15, 0.2) is 0 Å². The summed E-state index contributed by atoms with van der Waals surface area (Å²) in [5, 5.41) is 3.35. The largest absolute Gasteiger partial charge is 0.325 e. The number of carbonyl (C=O) groups is 1. The SMILES string of the molecule is Cc1ccc(Cl)c(C)c1NC(=O)CCl. The Morgan fingerprint density at radius 1 is 1.43 bits per heavy atom. The van der Waals surface area contributed by atoms with E-state index in [1.165, 1.54) is 0 Å². The van der Waals surface area contributed by atoms with Gasteiger partial charge in [-0.25, -0.2) is 0 Å². The van der Waals surface area contributed by atoms with Crippen molar-refractivity contribution < 1.29 is 4.79 Å². The number of hydrogen-bond acceptors (Lipinski definition) is 1. The van der Waals surface area contributed by atoms with Crippen molar-refractivity contribution >= 4 is 34.8 Å². The van der Waals surface area contributed by atoms with Crippen LogP contribution in [-0.2, 0) is 4.79 Å². The molecule has 0 fully saturated rings. The zero-order chi connectivity index (χ0) is 10.7. The molecular formula is C10H11Cl2NO. The highest BCUT2D eigenvalue weighted by Crippen LogP contribution is 2.26. The molecule has 0 spiro atoms. The van der Waals surface area contributed by atoms with E-state index in [2.05, 4.69) is 5.32 Å². The standard InChI is InChI=1S/C10H11Cl2NO/c1-6-3-4-8(12)7(2)10(6)13-9(14)5-11/h3-4H,5H2,1-2H3,(H,13,14). The summed E-state index contributed by atoms with van der Waals surface area (Å²) in [6.07, 6.45) is 0. The van der Waals surface area contributed by atoms with Crippen LogP contribution in [0.4, 0.5) is 5.69 Å². The highest BCUT2D eigenvalue weighted by atomic mass is 35.5. The number of hydrogen-bond donors (Lipinski definition) is 1. The molecule has 0 unspecified atom stereocenters. The summed E-state index contributed by atoms with van der Waals surface area (Å²) in [7, 11) is 0. The highest BCUT2D eigenvalue weighted by molar-refractivity contribution is 6.32. The Bertz CT molecular complexity index is 363. The molecule has 0 saturated heterocycles. The molecule has 4 heteroatoms. The van der Waals surface area contributed by atoms with E-state index < -0.39 is 0 Å². The number of anilines is 1. The van der Waals surface area contributed by atoms with Crippen LogP contribution >= 0.6 is 23.2 Å². The zero-order valence-corrected chi connectivity index (χ0v) is 9.54. The van der Waals surface area contributed by atoms with Crippen LogP contribution in [0.2, 0.25) is 5.02 Å². The van der Waals surface area contributed by atoms with Crippen LogP contribution in [0.5, 0.6) is 0 Å². The molecule has 2 nitrogen and oxygen atoms in total. The predicted octanol–water partition coefficient (Wildman–Crippen LogP) is 3.13. The van der Waals surface area contributed by atoms with Gasteiger partial charge in [0.1, 0.15) is 5.88 Å². The fraction of sp³-hybridized carbons (Fsp3) is 0.300. The molecule has 0 bridgehead atoms. The monoisotopic (exact) mass is 231 g/mol. The van der Waals surface area contributed by atoms with Crippen LogP contribution in [0.1, 0.15) is 11.1 Å². The van der Waals surface area contributed by atoms with Crippen LogP contribution in [0, 0.1) is 13.8 Å². The van der Waals surface area contributed by atoms with Gasteiger partial charge in [-0.3, -0.25) is 4.79 Å². The lowest BCUT2D eigenvalue weighted by molar-refractivity contribution is -0.113. The molecule has 1 N–H and O–H groups in total. The van der Waals surface area contributed by atoms with Crippen molar-refractivity contribution in [1.82, 2.24) is 0 Å². The van der Waals surface area contributed by atoms with Crippen molar-refractivity contribution in [3.63, 3.8) is 0 Å². The fourth-order valence-electron chi connectivity index (χ4n) is 1.19. The van der Waals surface area contributed by atoms with Crippen molar-refractivity contribution in [3.8, 4) is 0 Å². The molecular weight excluding hydrogens is 221 g/mol. The second-order valence-corrected chi connectivity index (χ2v) is 3.72. The highest BCUT2D eigenvalue weighted by Gasteiger charge is 2.08. The van der Waals surface area contributed by atoms with Gasteiger partial charge in [0, 0.05) is 10.7 Å². The number of carbonyl (C=O) groups excluding carboxylic acids is 1. The Kier molecular flexibility index (Phi) is 3.78. The third kappa shape index (κ3) is 2.40. The molecule has 0 saturated carbocycles. The van der Waals surface area contributed by atoms with Crippen LogP contribution in [0.3, 0.4) is 0 Å². The van der Waals surface area contributed by atoms with E-state index in [4.69, 9.17) is 23.2 Å². The van der Waals surface area contributed by atoms with Gasteiger partial charge in [0.25, 0.3) is 0 Å². The molecule has 0 radical (unpaired) electrons. The lowest BCUT2D eigenvalue weighted by atomic mass is 10.1. The number of amides is 1. The van der Waals surface area contributed by atoms with E-state index in [-0.39, 0.29) is 11.8 Å². The van der Waals surface area contributed by atoms with Gasteiger partial charge in [-0.15, -0.1) is 11.6 Å². The predicted molar refractivity (Wildman–Crippen MR) is 60.3 cm³/mol. The van der Waals surface area contributed by atoms with Crippen LogP contribution in [0.25, 0.3) is 0 Å². The lowest BCUT2D eigenvalue weighted by Gasteiger charge is -2.11. The van der Waals surface area contributed by atoms with E-state index >= 15 is 0 Å². The molecule has 1 aromatic carbocycles. The summed E-state index contributed by atoms with van der Waals surface area (Å²) in [4.78, 5) is 11.1. The molecule has 0 heterocycles. The second-order valence-electron chi connectivity index (χ2n) is 3.05. The summed E-state index contributed by atoms with van der Waals surface area (Å²) in [6, 6.07) is 3.67. The molecule has 14 heavy (non-hydrogen) atoms. The molecule has 1 rings (SSSR count). The van der Waals surface area contributed by atoms with Gasteiger partial charge < -0.3 is 5.32 Å². The summed E-state index contributed by atoms with van der Waals surface area (Å²) in [6.45, 7) is 3.77. The van der Waals surface area contributed by atoms with E-state index in [1.54, 1.807) is 0 Å². The Morgan fingerprint density at radius 2 is 2.07 bits per heavy atom. The molecule has 0 aliphatic carbocycles. The van der Waals surface area contributed by atoms with E-state index in [9.17, 15) is 4.79 Å². The molecule has 1 amide bonds. The van der Waals surface area contributed by atoms with Crippen molar-refractivity contribution in [2.75, 3.05) is 11.2 Å². The first-order chi connectivity index (χ1) is 6.56. The van der Waals surface area contributed by atoms with Crippen molar-refractivity contribution in [2.45, 2.75) is 13.8 Å². The van der Waals surface area contributed by atoms with Gasteiger partial charge in [-0.2, -0.15) is 0 Å². The van der Waals surface area contributed by atoms with E-state index in [0.717, 1.165) is 16.8 Å². The minimum atomic E-state index is -0.222.